The molecule has 0 amide bonds. The molecule has 0 saturated carbocycles. The average molecular weight is 210 g/mol. The molecule has 1 atom stereocenters. The van der Waals surface area contributed by atoms with Crippen molar-refractivity contribution in [2.24, 2.45) is 0 Å². The molecule has 1 unspecified atom stereocenters. The fraction of sp³-hybridized carbons (Fsp3) is 0.750. The van der Waals surface area contributed by atoms with E-state index < -0.39 is 0 Å². The first-order valence-electron chi connectivity index (χ1n) is 5.69. The molecule has 0 aromatic rings. The van der Waals surface area contributed by atoms with Gasteiger partial charge in [-0.15, -0.1) is 0 Å². The van der Waals surface area contributed by atoms with Crippen molar-refractivity contribution in [1.82, 2.24) is 9.80 Å². The zero-order chi connectivity index (χ0) is 11.4. The predicted octanol–water partition coefficient (Wildman–Crippen LogP) is 1.51. The Kier molecular flexibility index (Phi) is 4.33. The highest BCUT2D eigenvalue weighted by Crippen LogP contribution is 2.21. The van der Waals surface area contributed by atoms with Crippen LogP contribution in [-0.2, 0) is 4.79 Å². The number of likely N-dealkylation sites (N-methyl/N-ethyl adjacent to an activating group) is 2. The summed E-state index contributed by atoms with van der Waals surface area (Å²) in [4.78, 5) is 15.7. The van der Waals surface area contributed by atoms with E-state index in [1.165, 1.54) is 5.70 Å². The second kappa shape index (κ2) is 5.31. The van der Waals surface area contributed by atoms with E-state index in [0.29, 0.717) is 12.5 Å². The fourth-order valence-corrected chi connectivity index (χ4v) is 2.23. The smallest absolute Gasteiger partial charge is 0.157 e. The minimum Gasteiger partial charge on any atom is -0.371 e. The van der Waals surface area contributed by atoms with Crippen LogP contribution < -0.4 is 0 Å². The Morgan fingerprint density at radius 3 is 2.47 bits per heavy atom. The average Bonchev–Trinajstić information content (AvgIpc) is 2.51. The highest BCUT2D eigenvalue weighted by molar-refractivity contribution is 5.92. The lowest BCUT2D eigenvalue weighted by Crippen LogP contribution is -2.39. The van der Waals surface area contributed by atoms with Crippen molar-refractivity contribution >= 4 is 5.78 Å². The van der Waals surface area contributed by atoms with Crippen LogP contribution in [0.5, 0.6) is 0 Å². The molecule has 0 saturated heterocycles. The monoisotopic (exact) mass is 210 g/mol. The Balaban J connectivity index is 2.62. The van der Waals surface area contributed by atoms with Gasteiger partial charge in [0.25, 0.3) is 0 Å². The summed E-state index contributed by atoms with van der Waals surface area (Å²) in [5.41, 5.74) is 1.22. The van der Waals surface area contributed by atoms with Crippen LogP contribution in [0.2, 0.25) is 0 Å². The normalized spacial score (nSPS) is 18.2. The SMILES string of the molecule is CCN(C1=CC(=O)CC1)C(C)CN(C)C. The zero-order valence-corrected chi connectivity index (χ0v) is 10.3. The number of hydrogen-bond acceptors (Lipinski definition) is 3. The van der Waals surface area contributed by atoms with Crippen LogP contribution >= 0.6 is 0 Å². The van der Waals surface area contributed by atoms with Gasteiger partial charge < -0.3 is 9.80 Å². The van der Waals surface area contributed by atoms with Crippen LogP contribution in [0.3, 0.4) is 0 Å². The minimum atomic E-state index is 0.278. The standard InChI is InChI=1S/C12H22N2O/c1-5-14(10(2)9-13(3)4)11-6-7-12(15)8-11/h8,10H,5-7,9H2,1-4H3. The van der Waals surface area contributed by atoms with Gasteiger partial charge in [0.15, 0.2) is 5.78 Å². The van der Waals surface area contributed by atoms with E-state index in [0.717, 1.165) is 19.5 Å². The quantitative estimate of drug-likeness (QED) is 0.687. The van der Waals surface area contributed by atoms with Crippen LogP contribution in [0, 0.1) is 0 Å². The molecule has 0 aromatic carbocycles. The van der Waals surface area contributed by atoms with Gasteiger partial charge in [-0.1, -0.05) is 0 Å². The molecule has 0 aromatic heterocycles. The first-order valence-corrected chi connectivity index (χ1v) is 5.69. The molecular weight excluding hydrogens is 188 g/mol. The van der Waals surface area contributed by atoms with Crippen molar-refractivity contribution in [2.75, 3.05) is 27.2 Å². The Hall–Kier alpha value is -0.830. The van der Waals surface area contributed by atoms with Gasteiger partial charge in [-0.25, -0.2) is 0 Å². The Morgan fingerprint density at radius 1 is 1.40 bits per heavy atom. The van der Waals surface area contributed by atoms with Crippen LogP contribution in [0.15, 0.2) is 11.8 Å². The summed E-state index contributed by atoms with van der Waals surface area (Å²) < 4.78 is 0. The van der Waals surface area contributed by atoms with Gasteiger partial charge in [-0.3, -0.25) is 4.79 Å². The molecule has 86 valence electrons. The lowest BCUT2D eigenvalue weighted by atomic mass is 10.2. The van der Waals surface area contributed by atoms with Gasteiger partial charge in [0.2, 0.25) is 0 Å². The number of rotatable bonds is 5. The van der Waals surface area contributed by atoms with E-state index in [9.17, 15) is 4.79 Å². The molecule has 1 aliphatic rings. The number of ketones is 1. The molecule has 0 fully saturated rings. The van der Waals surface area contributed by atoms with Gasteiger partial charge in [0, 0.05) is 37.3 Å². The molecule has 1 rings (SSSR count). The number of carbonyl (C=O) groups is 1. The van der Waals surface area contributed by atoms with E-state index in [-0.39, 0.29) is 5.78 Å². The van der Waals surface area contributed by atoms with Crippen LogP contribution in [0.25, 0.3) is 0 Å². The molecule has 3 heteroatoms. The molecule has 0 spiro atoms. The van der Waals surface area contributed by atoms with Crippen molar-refractivity contribution in [1.29, 1.82) is 0 Å². The maximum atomic E-state index is 11.2. The lowest BCUT2D eigenvalue weighted by Gasteiger charge is -2.32. The van der Waals surface area contributed by atoms with E-state index in [1.807, 2.05) is 6.08 Å². The Morgan fingerprint density at radius 2 is 2.07 bits per heavy atom. The van der Waals surface area contributed by atoms with Crippen molar-refractivity contribution < 1.29 is 4.79 Å². The first kappa shape index (κ1) is 12.2. The third-order valence-electron chi connectivity index (χ3n) is 2.83. The summed E-state index contributed by atoms with van der Waals surface area (Å²) in [7, 11) is 4.16. The maximum Gasteiger partial charge on any atom is 0.157 e. The van der Waals surface area contributed by atoms with Gasteiger partial charge in [-0.05, 0) is 34.4 Å². The fourth-order valence-electron chi connectivity index (χ4n) is 2.23. The molecule has 0 aliphatic heterocycles. The first-order chi connectivity index (χ1) is 7.04. The highest BCUT2D eigenvalue weighted by Gasteiger charge is 2.20. The summed E-state index contributed by atoms with van der Waals surface area (Å²) in [6.07, 6.45) is 3.43. The summed E-state index contributed by atoms with van der Waals surface area (Å²) in [5, 5.41) is 0. The molecule has 1 aliphatic carbocycles. The molecule has 0 N–H and O–H groups in total. The van der Waals surface area contributed by atoms with Gasteiger partial charge in [0.1, 0.15) is 0 Å². The molecule has 3 nitrogen and oxygen atoms in total. The lowest BCUT2D eigenvalue weighted by molar-refractivity contribution is -0.114. The molecule has 0 heterocycles. The van der Waals surface area contributed by atoms with Crippen molar-refractivity contribution in [3.05, 3.63) is 11.8 Å². The number of carbonyl (C=O) groups excluding carboxylic acids is 1. The van der Waals surface area contributed by atoms with Crippen molar-refractivity contribution in [3.8, 4) is 0 Å². The molecule has 0 radical (unpaired) electrons. The largest absolute Gasteiger partial charge is 0.371 e. The van der Waals surface area contributed by atoms with Gasteiger partial charge >= 0.3 is 0 Å². The van der Waals surface area contributed by atoms with E-state index >= 15 is 0 Å². The van der Waals surface area contributed by atoms with Crippen molar-refractivity contribution in [3.63, 3.8) is 0 Å². The van der Waals surface area contributed by atoms with Crippen molar-refractivity contribution in [2.45, 2.75) is 32.7 Å². The topological polar surface area (TPSA) is 23.6 Å². The maximum absolute atomic E-state index is 11.2. The van der Waals surface area contributed by atoms with E-state index in [1.54, 1.807) is 0 Å². The zero-order valence-electron chi connectivity index (χ0n) is 10.3. The Labute approximate surface area is 92.7 Å². The Bertz CT molecular complexity index is 258. The molecular formula is C12H22N2O. The highest BCUT2D eigenvalue weighted by atomic mass is 16.1. The molecule has 0 bridgehead atoms. The van der Waals surface area contributed by atoms with Gasteiger partial charge in [0.05, 0.1) is 0 Å². The van der Waals surface area contributed by atoms with Crippen LogP contribution in [0.1, 0.15) is 26.7 Å². The number of allylic oxidation sites excluding steroid dienone is 2. The number of nitrogens with zero attached hydrogens (tertiary/aromatic N) is 2. The summed E-state index contributed by atoms with van der Waals surface area (Å²) >= 11 is 0. The summed E-state index contributed by atoms with van der Waals surface area (Å²) in [5.74, 6) is 0.278. The minimum absolute atomic E-state index is 0.278. The predicted molar refractivity (Wildman–Crippen MR) is 62.7 cm³/mol. The van der Waals surface area contributed by atoms with Crippen LogP contribution in [0.4, 0.5) is 0 Å². The third kappa shape index (κ3) is 3.34. The second-order valence-electron chi connectivity index (χ2n) is 4.50. The second-order valence-corrected chi connectivity index (χ2v) is 4.50. The summed E-state index contributed by atoms with van der Waals surface area (Å²) in [6.45, 7) is 6.37. The van der Waals surface area contributed by atoms with E-state index in [2.05, 4.69) is 37.7 Å². The summed E-state index contributed by atoms with van der Waals surface area (Å²) in [6, 6.07) is 0.474. The van der Waals surface area contributed by atoms with Crippen LogP contribution in [-0.4, -0.2) is 48.8 Å². The third-order valence-corrected chi connectivity index (χ3v) is 2.83. The number of hydrogen-bond donors (Lipinski definition) is 0. The van der Waals surface area contributed by atoms with E-state index in [4.69, 9.17) is 0 Å². The molecule has 15 heavy (non-hydrogen) atoms. The van der Waals surface area contributed by atoms with Gasteiger partial charge in [-0.2, -0.15) is 0 Å².